The van der Waals surface area contributed by atoms with Crippen molar-refractivity contribution in [3.8, 4) is 11.4 Å². The van der Waals surface area contributed by atoms with Crippen LogP contribution in [0.15, 0.2) is 61.2 Å². The molecular weight excluding hydrogens is 392 g/mol. The third-order valence-corrected chi connectivity index (χ3v) is 5.39. The Balaban J connectivity index is 1.30. The number of anilines is 3. The van der Waals surface area contributed by atoms with E-state index in [1.54, 1.807) is 19.3 Å². The van der Waals surface area contributed by atoms with Crippen molar-refractivity contribution in [2.45, 2.75) is 6.92 Å². The van der Waals surface area contributed by atoms with Gasteiger partial charge in [0.05, 0.1) is 29.5 Å². The first-order valence-corrected chi connectivity index (χ1v) is 10.2. The van der Waals surface area contributed by atoms with E-state index < -0.39 is 0 Å². The highest BCUT2D eigenvalue weighted by molar-refractivity contribution is 5.73. The van der Waals surface area contributed by atoms with Crippen LogP contribution in [0.25, 0.3) is 17.0 Å². The van der Waals surface area contributed by atoms with Gasteiger partial charge in [-0.2, -0.15) is 0 Å². The molecule has 0 bridgehead atoms. The minimum absolute atomic E-state index is 0.123. The molecule has 1 aliphatic heterocycles. The standard InChI is InChI=1S/C22H22N8O/c1-16(31)28-10-12-29(13-11-28)20-6-5-17(14-24-20)26-22-23-8-7-18(27-22)19-15-25-21-4-2-3-9-30(19)21/h2-9,14-15H,10-13H2,1H3,(H,23,26,27). The van der Waals surface area contributed by atoms with Crippen molar-refractivity contribution in [3.63, 3.8) is 0 Å². The van der Waals surface area contributed by atoms with E-state index in [4.69, 9.17) is 0 Å². The Hall–Kier alpha value is -4.01. The summed E-state index contributed by atoms with van der Waals surface area (Å²) < 4.78 is 1.99. The van der Waals surface area contributed by atoms with Gasteiger partial charge in [-0.1, -0.05) is 6.07 Å². The number of hydrogen-bond acceptors (Lipinski definition) is 7. The van der Waals surface area contributed by atoms with Crippen LogP contribution in [0.5, 0.6) is 0 Å². The van der Waals surface area contributed by atoms with E-state index in [-0.39, 0.29) is 5.91 Å². The van der Waals surface area contributed by atoms with E-state index in [0.29, 0.717) is 5.95 Å². The Morgan fingerprint density at radius 2 is 1.84 bits per heavy atom. The molecule has 1 saturated heterocycles. The molecule has 0 aliphatic carbocycles. The van der Waals surface area contributed by atoms with E-state index in [1.807, 2.05) is 58.1 Å². The number of nitrogens with zero attached hydrogens (tertiary/aromatic N) is 7. The van der Waals surface area contributed by atoms with Crippen LogP contribution >= 0.6 is 0 Å². The number of hydrogen-bond donors (Lipinski definition) is 1. The number of carbonyl (C=O) groups excluding carboxylic acids is 1. The van der Waals surface area contributed by atoms with Crippen molar-refractivity contribution >= 4 is 29.0 Å². The topological polar surface area (TPSA) is 91.6 Å². The fraction of sp³-hybridized carbons (Fsp3) is 0.227. The predicted octanol–water partition coefficient (Wildman–Crippen LogP) is 2.60. The number of piperazine rings is 1. The lowest BCUT2D eigenvalue weighted by Crippen LogP contribution is -2.48. The second-order valence-electron chi connectivity index (χ2n) is 7.36. The van der Waals surface area contributed by atoms with E-state index in [2.05, 4.69) is 30.2 Å². The van der Waals surface area contributed by atoms with Crippen LogP contribution in [0.2, 0.25) is 0 Å². The van der Waals surface area contributed by atoms with Crippen LogP contribution in [0, 0.1) is 0 Å². The Kier molecular flexibility index (Phi) is 4.91. The van der Waals surface area contributed by atoms with Gasteiger partial charge in [0.25, 0.3) is 0 Å². The summed E-state index contributed by atoms with van der Waals surface area (Å²) in [5.41, 5.74) is 3.36. The highest BCUT2D eigenvalue weighted by atomic mass is 16.2. The molecule has 5 rings (SSSR count). The fourth-order valence-corrected chi connectivity index (χ4v) is 3.71. The molecule has 1 N–H and O–H groups in total. The number of rotatable bonds is 4. The molecule has 0 saturated carbocycles. The molecule has 4 aromatic rings. The Labute approximate surface area is 179 Å². The predicted molar refractivity (Wildman–Crippen MR) is 118 cm³/mol. The monoisotopic (exact) mass is 414 g/mol. The molecule has 1 aliphatic rings. The van der Waals surface area contributed by atoms with Crippen molar-refractivity contribution in [2.24, 2.45) is 0 Å². The summed E-state index contributed by atoms with van der Waals surface area (Å²) >= 11 is 0. The molecule has 9 heteroatoms. The van der Waals surface area contributed by atoms with Crippen molar-refractivity contribution in [1.29, 1.82) is 0 Å². The maximum absolute atomic E-state index is 11.5. The lowest BCUT2D eigenvalue weighted by Gasteiger charge is -2.34. The van der Waals surface area contributed by atoms with Crippen LogP contribution in [-0.2, 0) is 4.79 Å². The smallest absolute Gasteiger partial charge is 0.227 e. The van der Waals surface area contributed by atoms with Crippen LogP contribution in [-0.4, -0.2) is 61.3 Å². The molecular formula is C22H22N8O. The molecule has 0 aromatic carbocycles. The number of carbonyl (C=O) groups is 1. The van der Waals surface area contributed by atoms with Crippen LogP contribution in [0.3, 0.4) is 0 Å². The molecule has 0 radical (unpaired) electrons. The zero-order valence-electron chi connectivity index (χ0n) is 17.1. The largest absolute Gasteiger partial charge is 0.353 e. The van der Waals surface area contributed by atoms with Gasteiger partial charge in [-0.05, 0) is 30.3 Å². The zero-order chi connectivity index (χ0) is 21.2. The lowest BCUT2D eigenvalue weighted by molar-refractivity contribution is -0.129. The van der Waals surface area contributed by atoms with Gasteiger partial charge < -0.3 is 15.1 Å². The quantitative estimate of drug-likeness (QED) is 0.549. The highest BCUT2D eigenvalue weighted by Gasteiger charge is 2.19. The SMILES string of the molecule is CC(=O)N1CCN(c2ccc(Nc3nccc(-c4cnc5ccccn45)n3)cn2)CC1. The van der Waals surface area contributed by atoms with E-state index >= 15 is 0 Å². The molecule has 4 aromatic heterocycles. The normalized spacial score (nSPS) is 14.1. The van der Waals surface area contributed by atoms with Gasteiger partial charge in [-0.25, -0.2) is 19.9 Å². The minimum atomic E-state index is 0.123. The first kappa shape index (κ1) is 19.0. The molecule has 0 atom stereocenters. The van der Waals surface area contributed by atoms with Gasteiger partial charge >= 0.3 is 0 Å². The second kappa shape index (κ2) is 8.02. The van der Waals surface area contributed by atoms with E-state index in [1.165, 1.54) is 0 Å². The molecule has 1 fully saturated rings. The number of amides is 1. The Morgan fingerprint density at radius 1 is 0.968 bits per heavy atom. The van der Waals surface area contributed by atoms with Crippen molar-refractivity contribution in [2.75, 3.05) is 36.4 Å². The average molecular weight is 414 g/mol. The maximum atomic E-state index is 11.5. The number of pyridine rings is 2. The Morgan fingerprint density at radius 3 is 2.61 bits per heavy atom. The number of fused-ring (bicyclic) bond motifs is 1. The molecule has 0 unspecified atom stereocenters. The van der Waals surface area contributed by atoms with Crippen molar-refractivity contribution in [1.82, 2.24) is 29.2 Å². The summed E-state index contributed by atoms with van der Waals surface area (Å²) in [5.74, 6) is 1.51. The maximum Gasteiger partial charge on any atom is 0.227 e. The summed E-state index contributed by atoms with van der Waals surface area (Å²) in [7, 11) is 0. The summed E-state index contributed by atoms with van der Waals surface area (Å²) in [6.45, 7) is 4.62. The van der Waals surface area contributed by atoms with Gasteiger partial charge in [0.2, 0.25) is 11.9 Å². The first-order valence-electron chi connectivity index (χ1n) is 10.2. The number of aromatic nitrogens is 5. The van der Waals surface area contributed by atoms with Gasteiger partial charge in [-0.3, -0.25) is 9.20 Å². The summed E-state index contributed by atoms with van der Waals surface area (Å²) in [6.07, 6.45) is 7.27. The van der Waals surface area contributed by atoms with Crippen LogP contribution in [0.1, 0.15) is 6.92 Å². The van der Waals surface area contributed by atoms with Crippen LogP contribution in [0.4, 0.5) is 17.5 Å². The highest BCUT2D eigenvalue weighted by Crippen LogP contribution is 2.22. The molecule has 0 spiro atoms. The van der Waals surface area contributed by atoms with Gasteiger partial charge in [0, 0.05) is 45.5 Å². The molecule has 5 heterocycles. The summed E-state index contributed by atoms with van der Waals surface area (Å²) in [4.78, 5) is 33.5. The third-order valence-electron chi connectivity index (χ3n) is 5.39. The van der Waals surface area contributed by atoms with Crippen LogP contribution < -0.4 is 10.2 Å². The second-order valence-corrected chi connectivity index (χ2v) is 7.36. The third kappa shape index (κ3) is 3.89. The molecule has 9 nitrogen and oxygen atoms in total. The minimum Gasteiger partial charge on any atom is -0.353 e. The number of nitrogens with one attached hydrogen (secondary N) is 1. The van der Waals surface area contributed by atoms with E-state index in [0.717, 1.165) is 54.7 Å². The summed E-state index contributed by atoms with van der Waals surface area (Å²) in [5, 5.41) is 3.22. The fourth-order valence-electron chi connectivity index (χ4n) is 3.71. The lowest BCUT2D eigenvalue weighted by atomic mass is 10.3. The zero-order valence-corrected chi connectivity index (χ0v) is 17.1. The van der Waals surface area contributed by atoms with Gasteiger partial charge in [-0.15, -0.1) is 0 Å². The van der Waals surface area contributed by atoms with Crippen molar-refractivity contribution < 1.29 is 4.79 Å². The molecule has 31 heavy (non-hydrogen) atoms. The van der Waals surface area contributed by atoms with Crippen molar-refractivity contribution in [3.05, 3.63) is 61.2 Å². The van der Waals surface area contributed by atoms with Gasteiger partial charge in [0.15, 0.2) is 0 Å². The molecule has 156 valence electrons. The van der Waals surface area contributed by atoms with E-state index in [9.17, 15) is 4.79 Å². The Bertz CT molecular complexity index is 1210. The number of imidazole rings is 1. The average Bonchev–Trinajstić information content (AvgIpc) is 3.24. The van der Waals surface area contributed by atoms with Gasteiger partial charge in [0.1, 0.15) is 11.5 Å². The first-order chi connectivity index (χ1) is 15.2. The summed E-state index contributed by atoms with van der Waals surface area (Å²) in [6, 6.07) is 11.7. The molecule has 1 amide bonds.